The summed E-state index contributed by atoms with van der Waals surface area (Å²) < 4.78 is 20.1. The highest BCUT2D eigenvalue weighted by Crippen LogP contribution is 2.33. The molecule has 1 heterocycles. The normalized spacial score (nSPS) is 21.5. The van der Waals surface area contributed by atoms with Crippen LogP contribution < -0.4 is 4.74 Å². The summed E-state index contributed by atoms with van der Waals surface area (Å²) in [5, 5.41) is 0. The molecule has 28 heavy (non-hydrogen) atoms. The Balaban J connectivity index is 1.41. The average Bonchev–Trinajstić information content (AvgIpc) is 3.02. The van der Waals surface area contributed by atoms with Gasteiger partial charge in [-0.15, -0.1) is 0 Å². The molecule has 4 nitrogen and oxygen atoms in total. The van der Waals surface area contributed by atoms with E-state index in [-0.39, 0.29) is 24.2 Å². The minimum Gasteiger partial charge on any atom is -0.486 e. The number of ether oxygens (including phenoxy) is 1. The lowest BCUT2D eigenvalue weighted by atomic mass is 9.82. The summed E-state index contributed by atoms with van der Waals surface area (Å²) in [7, 11) is 0. The fourth-order valence-corrected chi connectivity index (χ4v) is 4.18. The molecular formula is C23H24FNO3. The topological polar surface area (TPSA) is 46.6 Å². The molecule has 1 aliphatic heterocycles. The monoisotopic (exact) mass is 381 g/mol. The molecule has 146 valence electrons. The Labute approximate surface area is 164 Å². The van der Waals surface area contributed by atoms with E-state index < -0.39 is 5.82 Å². The smallest absolute Gasteiger partial charge is 0.254 e. The van der Waals surface area contributed by atoms with Crippen molar-refractivity contribution >= 4 is 12.2 Å². The van der Waals surface area contributed by atoms with E-state index in [1.54, 1.807) is 11.0 Å². The van der Waals surface area contributed by atoms with Crippen molar-refractivity contribution in [2.24, 2.45) is 11.8 Å². The minimum absolute atomic E-state index is 0.0583. The summed E-state index contributed by atoms with van der Waals surface area (Å²) in [4.78, 5) is 25.5. The SMILES string of the molecule is O=C[C@H]1CC[C@H](CN2Cc3cc(F)c(OCc4ccccc4)cc3C2=O)CC1. The van der Waals surface area contributed by atoms with Crippen molar-refractivity contribution in [2.75, 3.05) is 6.54 Å². The first kappa shape index (κ1) is 18.7. The van der Waals surface area contributed by atoms with Crippen LogP contribution in [0.3, 0.4) is 0 Å². The van der Waals surface area contributed by atoms with Crippen LogP contribution in [0.2, 0.25) is 0 Å². The Bertz CT molecular complexity index is 860. The number of amides is 1. The van der Waals surface area contributed by atoms with E-state index in [0.717, 1.165) is 43.1 Å². The third kappa shape index (κ3) is 3.93. The van der Waals surface area contributed by atoms with Crippen LogP contribution in [0.4, 0.5) is 4.39 Å². The van der Waals surface area contributed by atoms with Crippen molar-refractivity contribution in [3.8, 4) is 5.75 Å². The molecule has 1 amide bonds. The number of hydrogen-bond acceptors (Lipinski definition) is 3. The second-order valence-electron chi connectivity index (χ2n) is 7.82. The third-order valence-corrected chi connectivity index (χ3v) is 5.84. The van der Waals surface area contributed by atoms with Gasteiger partial charge in [0.2, 0.25) is 0 Å². The quantitative estimate of drug-likeness (QED) is 0.698. The maximum atomic E-state index is 14.5. The van der Waals surface area contributed by atoms with Gasteiger partial charge < -0.3 is 14.4 Å². The number of halogens is 1. The number of benzene rings is 2. The second-order valence-corrected chi connectivity index (χ2v) is 7.82. The number of rotatable bonds is 6. The van der Waals surface area contributed by atoms with Crippen LogP contribution in [0, 0.1) is 17.7 Å². The van der Waals surface area contributed by atoms with E-state index in [1.165, 1.54) is 6.07 Å². The largest absolute Gasteiger partial charge is 0.486 e. The van der Waals surface area contributed by atoms with E-state index in [9.17, 15) is 14.0 Å². The molecule has 2 aromatic carbocycles. The number of carbonyl (C=O) groups is 2. The van der Waals surface area contributed by atoms with Crippen molar-refractivity contribution in [1.29, 1.82) is 0 Å². The molecule has 1 saturated carbocycles. The summed E-state index contributed by atoms with van der Waals surface area (Å²) >= 11 is 0. The van der Waals surface area contributed by atoms with Crippen LogP contribution in [-0.2, 0) is 17.9 Å². The Kier molecular flexibility index (Phi) is 5.42. The van der Waals surface area contributed by atoms with Crippen LogP contribution in [0.1, 0.15) is 47.2 Å². The average molecular weight is 381 g/mol. The van der Waals surface area contributed by atoms with Gasteiger partial charge in [0, 0.05) is 24.6 Å². The van der Waals surface area contributed by atoms with Crippen molar-refractivity contribution in [2.45, 2.75) is 38.8 Å². The molecule has 0 N–H and O–H groups in total. The molecule has 0 saturated heterocycles. The summed E-state index contributed by atoms with van der Waals surface area (Å²) in [5.74, 6) is 0.200. The maximum absolute atomic E-state index is 14.5. The molecule has 0 radical (unpaired) electrons. The molecular weight excluding hydrogens is 357 g/mol. The van der Waals surface area contributed by atoms with Crippen molar-refractivity contribution < 1.29 is 18.7 Å². The molecule has 0 spiro atoms. The fourth-order valence-electron chi connectivity index (χ4n) is 4.18. The van der Waals surface area contributed by atoms with Gasteiger partial charge in [0.05, 0.1) is 0 Å². The lowest BCUT2D eigenvalue weighted by molar-refractivity contribution is -0.112. The number of aldehydes is 1. The summed E-state index contributed by atoms with van der Waals surface area (Å²) in [6, 6.07) is 12.5. The molecule has 0 atom stereocenters. The first-order chi connectivity index (χ1) is 13.6. The van der Waals surface area contributed by atoms with Gasteiger partial charge in [-0.3, -0.25) is 4.79 Å². The van der Waals surface area contributed by atoms with Gasteiger partial charge in [0.15, 0.2) is 11.6 Å². The first-order valence-electron chi connectivity index (χ1n) is 9.87. The number of carbonyl (C=O) groups excluding carboxylic acids is 2. The molecule has 1 aliphatic carbocycles. The summed E-state index contributed by atoms with van der Waals surface area (Å²) in [6.45, 7) is 1.37. The van der Waals surface area contributed by atoms with Crippen molar-refractivity contribution in [3.63, 3.8) is 0 Å². The predicted octanol–water partition coefficient (Wildman–Crippen LogP) is 4.37. The van der Waals surface area contributed by atoms with E-state index in [0.29, 0.717) is 24.6 Å². The molecule has 4 rings (SSSR count). The maximum Gasteiger partial charge on any atom is 0.254 e. The Hall–Kier alpha value is -2.69. The Morgan fingerprint density at radius 3 is 2.57 bits per heavy atom. The van der Waals surface area contributed by atoms with Crippen LogP contribution >= 0.6 is 0 Å². The zero-order valence-corrected chi connectivity index (χ0v) is 15.8. The van der Waals surface area contributed by atoms with Gasteiger partial charge in [0.25, 0.3) is 5.91 Å². The summed E-state index contributed by atoms with van der Waals surface area (Å²) in [6.07, 6.45) is 4.77. The van der Waals surface area contributed by atoms with Crippen LogP contribution in [0.25, 0.3) is 0 Å². The van der Waals surface area contributed by atoms with E-state index in [4.69, 9.17) is 4.74 Å². The lowest BCUT2D eigenvalue weighted by Crippen LogP contribution is -2.32. The van der Waals surface area contributed by atoms with Crippen LogP contribution in [-0.4, -0.2) is 23.6 Å². The van der Waals surface area contributed by atoms with E-state index >= 15 is 0 Å². The highest BCUT2D eigenvalue weighted by atomic mass is 19.1. The molecule has 0 bridgehead atoms. The molecule has 2 aromatic rings. The van der Waals surface area contributed by atoms with Gasteiger partial charge in [-0.05, 0) is 54.9 Å². The van der Waals surface area contributed by atoms with Gasteiger partial charge in [-0.25, -0.2) is 4.39 Å². The van der Waals surface area contributed by atoms with Crippen LogP contribution in [0.15, 0.2) is 42.5 Å². The Morgan fingerprint density at radius 2 is 1.86 bits per heavy atom. The third-order valence-electron chi connectivity index (χ3n) is 5.84. The predicted molar refractivity (Wildman–Crippen MR) is 103 cm³/mol. The lowest BCUT2D eigenvalue weighted by Gasteiger charge is -2.29. The number of fused-ring (bicyclic) bond motifs is 1. The number of nitrogens with zero attached hydrogens (tertiary/aromatic N) is 1. The highest BCUT2D eigenvalue weighted by molar-refractivity contribution is 5.98. The van der Waals surface area contributed by atoms with Crippen molar-refractivity contribution in [1.82, 2.24) is 4.90 Å². The zero-order chi connectivity index (χ0) is 19.5. The van der Waals surface area contributed by atoms with E-state index in [2.05, 4.69) is 0 Å². The number of hydrogen-bond donors (Lipinski definition) is 0. The molecule has 1 fully saturated rings. The molecule has 0 unspecified atom stereocenters. The fraction of sp³-hybridized carbons (Fsp3) is 0.391. The van der Waals surface area contributed by atoms with Gasteiger partial charge in [-0.1, -0.05) is 30.3 Å². The standard InChI is InChI=1S/C23H24FNO3/c24-21-10-19-13-25(12-16-6-8-17(14-26)9-7-16)23(27)20(19)11-22(21)28-15-18-4-2-1-3-5-18/h1-5,10-11,14,16-17H,6-9,12-13,15H2/t16-,17-. The van der Waals surface area contributed by atoms with Gasteiger partial charge >= 0.3 is 0 Å². The van der Waals surface area contributed by atoms with E-state index in [1.807, 2.05) is 30.3 Å². The van der Waals surface area contributed by atoms with Crippen molar-refractivity contribution in [3.05, 3.63) is 65.0 Å². The molecule has 2 aliphatic rings. The highest BCUT2D eigenvalue weighted by Gasteiger charge is 2.32. The Morgan fingerprint density at radius 1 is 1.11 bits per heavy atom. The van der Waals surface area contributed by atoms with Gasteiger partial charge in [-0.2, -0.15) is 0 Å². The molecule has 0 aromatic heterocycles. The zero-order valence-electron chi connectivity index (χ0n) is 15.8. The minimum atomic E-state index is -0.434. The summed E-state index contributed by atoms with van der Waals surface area (Å²) in [5.41, 5.74) is 2.20. The second kappa shape index (κ2) is 8.13. The van der Waals surface area contributed by atoms with Gasteiger partial charge in [0.1, 0.15) is 12.9 Å². The molecule has 5 heteroatoms. The first-order valence-corrected chi connectivity index (χ1v) is 9.87. The van der Waals surface area contributed by atoms with Crippen LogP contribution in [0.5, 0.6) is 5.75 Å².